The largest absolute Gasteiger partial charge is 0.479 e. The van der Waals surface area contributed by atoms with Crippen LogP contribution in [-0.2, 0) is 14.3 Å². The van der Waals surface area contributed by atoms with Crippen molar-refractivity contribution in [3.63, 3.8) is 0 Å². The van der Waals surface area contributed by atoms with Gasteiger partial charge in [0.1, 0.15) is 5.60 Å². The topological polar surface area (TPSA) is 76.1 Å². The van der Waals surface area contributed by atoms with Gasteiger partial charge in [-0.1, -0.05) is 0 Å². The van der Waals surface area contributed by atoms with E-state index in [2.05, 4.69) is 0 Å². The van der Waals surface area contributed by atoms with Gasteiger partial charge in [0.2, 0.25) is 0 Å². The Hall–Kier alpha value is -1.30. The van der Waals surface area contributed by atoms with Crippen LogP contribution in [0.5, 0.6) is 0 Å². The minimum Gasteiger partial charge on any atom is -0.479 e. The highest BCUT2D eigenvalue weighted by Gasteiger charge is 2.30. The average Bonchev–Trinajstić information content (AvgIpc) is 2.34. The molecule has 0 aromatic rings. The van der Waals surface area contributed by atoms with Gasteiger partial charge in [0, 0.05) is 20.2 Å². The number of carboxylic acids is 1. The average molecular weight is 287 g/mol. The zero-order chi connectivity index (χ0) is 15.3. The highest BCUT2D eigenvalue weighted by molar-refractivity contribution is 5.72. The third kappa shape index (κ3) is 5.36. The molecule has 1 saturated heterocycles. The molecule has 2 unspecified atom stereocenters. The Labute approximate surface area is 120 Å². The lowest BCUT2D eigenvalue weighted by Gasteiger charge is -2.34. The summed E-state index contributed by atoms with van der Waals surface area (Å²) < 4.78 is 10.3. The second-order valence-electron chi connectivity index (χ2n) is 6.23. The number of rotatable bonds is 4. The van der Waals surface area contributed by atoms with E-state index in [-0.39, 0.29) is 12.0 Å². The predicted octanol–water partition coefficient (Wildman–Crippen LogP) is 2.12. The van der Waals surface area contributed by atoms with Crippen LogP contribution in [0.25, 0.3) is 0 Å². The maximum Gasteiger partial charge on any atom is 0.410 e. The zero-order valence-corrected chi connectivity index (χ0v) is 12.7. The zero-order valence-electron chi connectivity index (χ0n) is 12.7. The summed E-state index contributed by atoms with van der Waals surface area (Å²) in [6.07, 6.45) is 1.06. The van der Waals surface area contributed by atoms with Crippen molar-refractivity contribution in [3.05, 3.63) is 0 Å². The molecule has 0 aliphatic carbocycles. The fourth-order valence-corrected chi connectivity index (χ4v) is 2.35. The van der Waals surface area contributed by atoms with Crippen LogP contribution >= 0.6 is 0 Å². The molecular formula is C14H25NO5. The number of piperidine rings is 1. The Morgan fingerprint density at radius 1 is 1.40 bits per heavy atom. The standard InChI is InChI=1S/C14H25NO5/c1-14(2,3)20-13(18)15-7-5-6-10(9-15)8-11(19-4)12(16)17/h10-11H,5-9H2,1-4H3,(H,16,17). The van der Waals surface area contributed by atoms with Crippen LogP contribution in [0.4, 0.5) is 4.79 Å². The van der Waals surface area contributed by atoms with E-state index < -0.39 is 17.7 Å². The molecule has 6 nitrogen and oxygen atoms in total. The Morgan fingerprint density at radius 2 is 2.05 bits per heavy atom. The van der Waals surface area contributed by atoms with E-state index in [0.717, 1.165) is 12.8 Å². The lowest BCUT2D eigenvalue weighted by atomic mass is 9.92. The molecule has 0 radical (unpaired) electrons. The lowest BCUT2D eigenvalue weighted by Crippen LogP contribution is -2.44. The first-order valence-corrected chi connectivity index (χ1v) is 6.96. The summed E-state index contributed by atoms with van der Waals surface area (Å²) in [6.45, 7) is 6.69. The molecule has 0 saturated carbocycles. The van der Waals surface area contributed by atoms with Crippen LogP contribution in [-0.4, -0.2) is 54.0 Å². The highest BCUT2D eigenvalue weighted by Crippen LogP contribution is 2.23. The molecule has 0 aromatic carbocycles. The maximum absolute atomic E-state index is 12.0. The van der Waals surface area contributed by atoms with Gasteiger partial charge < -0.3 is 19.5 Å². The number of carboxylic acid groups (broad SMARTS) is 1. The molecule has 1 amide bonds. The molecule has 1 heterocycles. The van der Waals surface area contributed by atoms with E-state index in [0.29, 0.717) is 19.5 Å². The number of carbonyl (C=O) groups excluding carboxylic acids is 1. The van der Waals surface area contributed by atoms with Crippen molar-refractivity contribution in [2.45, 2.75) is 51.7 Å². The first-order chi connectivity index (χ1) is 9.23. The molecule has 2 atom stereocenters. The lowest BCUT2D eigenvalue weighted by molar-refractivity contribution is -0.149. The van der Waals surface area contributed by atoms with E-state index in [1.165, 1.54) is 7.11 Å². The molecule has 1 aliphatic heterocycles. The van der Waals surface area contributed by atoms with Crippen LogP contribution in [0.3, 0.4) is 0 Å². The van der Waals surface area contributed by atoms with Crippen LogP contribution in [0, 0.1) is 5.92 Å². The minimum absolute atomic E-state index is 0.136. The van der Waals surface area contributed by atoms with Crippen LogP contribution in [0.15, 0.2) is 0 Å². The second-order valence-corrected chi connectivity index (χ2v) is 6.23. The number of ether oxygens (including phenoxy) is 2. The fraction of sp³-hybridized carbons (Fsp3) is 0.857. The smallest absolute Gasteiger partial charge is 0.410 e. The molecule has 116 valence electrons. The quantitative estimate of drug-likeness (QED) is 0.857. The van der Waals surface area contributed by atoms with Crippen molar-refractivity contribution in [2.24, 2.45) is 5.92 Å². The molecule has 1 fully saturated rings. The number of aliphatic carboxylic acids is 1. The monoisotopic (exact) mass is 287 g/mol. The van der Waals surface area contributed by atoms with Crippen molar-refractivity contribution in [2.75, 3.05) is 20.2 Å². The minimum atomic E-state index is -0.957. The molecule has 1 N–H and O–H groups in total. The number of hydrogen-bond acceptors (Lipinski definition) is 4. The molecule has 1 aliphatic rings. The summed E-state index contributed by atoms with van der Waals surface area (Å²) in [6, 6.07) is 0. The number of likely N-dealkylation sites (tertiary alicyclic amines) is 1. The van der Waals surface area contributed by atoms with Crippen molar-refractivity contribution >= 4 is 12.1 Å². The first-order valence-electron chi connectivity index (χ1n) is 6.96. The molecule has 0 bridgehead atoms. The number of nitrogens with zero attached hydrogens (tertiary/aromatic N) is 1. The van der Waals surface area contributed by atoms with Gasteiger partial charge in [-0.05, 0) is 46.0 Å². The van der Waals surface area contributed by atoms with Gasteiger partial charge in [-0.25, -0.2) is 9.59 Å². The van der Waals surface area contributed by atoms with Crippen molar-refractivity contribution < 1.29 is 24.2 Å². The molecule has 0 aromatic heterocycles. The SMILES string of the molecule is COC(CC1CCCN(C(=O)OC(C)(C)C)C1)C(=O)O. The summed E-state index contributed by atoms with van der Waals surface area (Å²) in [5.74, 6) is -0.820. The van der Waals surface area contributed by atoms with Gasteiger partial charge >= 0.3 is 12.1 Å². The highest BCUT2D eigenvalue weighted by atomic mass is 16.6. The Morgan fingerprint density at radius 3 is 2.55 bits per heavy atom. The molecule has 20 heavy (non-hydrogen) atoms. The summed E-state index contributed by atoms with van der Waals surface area (Å²) in [5, 5.41) is 9.00. The van der Waals surface area contributed by atoms with Gasteiger partial charge in [-0.15, -0.1) is 0 Å². The summed E-state index contributed by atoms with van der Waals surface area (Å²) in [5.41, 5.74) is -0.514. The van der Waals surface area contributed by atoms with E-state index in [1.54, 1.807) is 4.90 Å². The molecule has 1 rings (SSSR count). The number of amides is 1. The van der Waals surface area contributed by atoms with Gasteiger partial charge in [0.15, 0.2) is 6.10 Å². The van der Waals surface area contributed by atoms with Crippen LogP contribution in [0.2, 0.25) is 0 Å². The van der Waals surface area contributed by atoms with E-state index in [9.17, 15) is 9.59 Å². The van der Waals surface area contributed by atoms with Crippen LogP contribution < -0.4 is 0 Å². The number of carbonyl (C=O) groups is 2. The fourth-order valence-electron chi connectivity index (χ4n) is 2.35. The van der Waals surface area contributed by atoms with Gasteiger partial charge in [-0.3, -0.25) is 0 Å². The molecular weight excluding hydrogens is 262 g/mol. The number of methoxy groups -OCH3 is 1. The predicted molar refractivity (Wildman–Crippen MR) is 73.6 cm³/mol. The summed E-state index contributed by atoms with van der Waals surface area (Å²) >= 11 is 0. The summed E-state index contributed by atoms with van der Waals surface area (Å²) in [7, 11) is 1.40. The second kappa shape index (κ2) is 6.92. The van der Waals surface area contributed by atoms with E-state index >= 15 is 0 Å². The van der Waals surface area contributed by atoms with E-state index in [4.69, 9.17) is 14.6 Å². The summed E-state index contributed by atoms with van der Waals surface area (Å²) in [4.78, 5) is 24.6. The van der Waals surface area contributed by atoms with Crippen molar-refractivity contribution in [1.82, 2.24) is 4.90 Å². The number of hydrogen-bond donors (Lipinski definition) is 1. The van der Waals surface area contributed by atoms with Gasteiger partial charge in [0.05, 0.1) is 0 Å². The third-order valence-electron chi connectivity index (χ3n) is 3.28. The van der Waals surface area contributed by atoms with Crippen LogP contribution in [0.1, 0.15) is 40.0 Å². The van der Waals surface area contributed by atoms with Crippen molar-refractivity contribution in [3.8, 4) is 0 Å². The first kappa shape index (κ1) is 16.8. The van der Waals surface area contributed by atoms with Crippen molar-refractivity contribution in [1.29, 1.82) is 0 Å². The molecule has 0 spiro atoms. The Kier molecular flexibility index (Phi) is 5.80. The van der Waals surface area contributed by atoms with Gasteiger partial charge in [0.25, 0.3) is 0 Å². The van der Waals surface area contributed by atoms with Gasteiger partial charge in [-0.2, -0.15) is 0 Å². The third-order valence-corrected chi connectivity index (χ3v) is 3.28. The van der Waals surface area contributed by atoms with E-state index in [1.807, 2.05) is 20.8 Å². The Bertz CT molecular complexity index is 350. The maximum atomic E-state index is 12.0. The molecule has 6 heteroatoms. The normalized spacial score (nSPS) is 21.4. The Balaban J connectivity index is 2.54.